The highest BCUT2D eigenvalue weighted by molar-refractivity contribution is 7.89. The van der Waals surface area contributed by atoms with Crippen molar-refractivity contribution in [2.45, 2.75) is 24.8 Å². The van der Waals surface area contributed by atoms with Crippen molar-refractivity contribution in [2.75, 3.05) is 26.9 Å². The summed E-state index contributed by atoms with van der Waals surface area (Å²) in [4.78, 5) is 11.8. The van der Waals surface area contributed by atoms with Gasteiger partial charge in [-0.25, -0.2) is 8.42 Å². The van der Waals surface area contributed by atoms with Crippen LogP contribution in [0, 0.1) is 0 Å². The maximum absolute atomic E-state index is 12.2. The van der Waals surface area contributed by atoms with Gasteiger partial charge in [-0.3, -0.25) is 4.79 Å². The number of methoxy groups -OCH3 is 1. The number of sulfonamides is 1. The quantitative estimate of drug-likeness (QED) is 0.644. The van der Waals surface area contributed by atoms with E-state index >= 15 is 0 Å². The van der Waals surface area contributed by atoms with Crippen LogP contribution in [0.2, 0.25) is 0 Å². The third-order valence-electron chi connectivity index (χ3n) is 2.78. The Morgan fingerprint density at radius 2 is 1.91 bits per heavy atom. The van der Waals surface area contributed by atoms with Crippen molar-refractivity contribution in [3.63, 3.8) is 0 Å². The molecule has 124 valence electrons. The van der Waals surface area contributed by atoms with Crippen molar-refractivity contribution in [3.05, 3.63) is 24.3 Å². The lowest BCUT2D eigenvalue weighted by molar-refractivity contribution is -0.122. The molecule has 0 heterocycles. The van der Waals surface area contributed by atoms with E-state index in [-0.39, 0.29) is 4.90 Å². The molecule has 0 bridgehead atoms. The molecule has 7 nitrogen and oxygen atoms in total. The lowest BCUT2D eigenvalue weighted by Crippen LogP contribution is -2.45. The molecule has 1 atom stereocenters. The van der Waals surface area contributed by atoms with Crippen LogP contribution < -0.4 is 14.8 Å². The first-order valence-corrected chi connectivity index (χ1v) is 8.41. The van der Waals surface area contributed by atoms with E-state index in [1.54, 1.807) is 12.1 Å². The smallest absolute Gasteiger partial charge is 0.241 e. The minimum atomic E-state index is -3.76. The molecule has 1 aromatic rings. The molecule has 0 saturated heterocycles. The molecule has 1 aromatic carbocycles. The second kappa shape index (κ2) is 8.72. The van der Waals surface area contributed by atoms with Crippen LogP contribution in [0.3, 0.4) is 0 Å². The largest absolute Gasteiger partial charge is 0.494 e. The van der Waals surface area contributed by atoms with Crippen LogP contribution >= 0.6 is 0 Å². The number of rotatable bonds is 9. The standard InChI is InChI=1S/C14H22N2O5S/c1-4-21-12-5-7-13(8-6-12)22(18,19)16-11(2)14(17)15-9-10-20-3/h5-8,11,16H,4,9-10H2,1-3H3,(H,15,17)/t11-/m1/s1. The molecule has 22 heavy (non-hydrogen) atoms. The predicted octanol–water partition coefficient (Wildman–Crippen LogP) is 0.515. The average molecular weight is 330 g/mol. The Labute approximate surface area is 131 Å². The number of amides is 1. The SMILES string of the molecule is CCOc1ccc(S(=O)(=O)N[C@H](C)C(=O)NCCOC)cc1. The van der Waals surface area contributed by atoms with Gasteiger partial charge in [0.25, 0.3) is 0 Å². The van der Waals surface area contributed by atoms with Gasteiger partial charge in [-0.1, -0.05) is 0 Å². The zero-order valence-corrected chi connectivity index (χ0v) is 13.8. The van der Waals surface area contributed by atoms with Gasteiger partial charge in [-0.15, -0.1) is 0 Å². The van der Waals surface area contributed by atoms with Crippen molar-refractivity contribution in [1.82, 2.24) is 10.0 Å². The fourth-order valence-corrected chi connectivity index (χ4v) is 2.87. The van der Waals surface area contributed by atoms with Crippen molar-refractivity contribution in [2.24, 2.45) is 0 Å². The number of benzene rings is 1. The maximum atomic E-state index is 12.2. The van der Waals surface area contributed by atoms with Gasteiger partial charge in [-0.2, -0.15) is 4.72 Å². The van der Waals surface area contributed by atoms with E-state index in [0.29, 0.717) is 25.5 Å². The van der Waals surface area contributed by atoms with Crippen LogP contribution in [0.15, 0.2) is 29.2 Å². The summed E-state index contributed by atoms with van der Waals surface area (Å²) in [6.07, 6.45) is 0. The summed E-state index contributed by atoms with van der Waals surface area (Å²) in [7, 11) is -2.25. The van der Waals surface area contributed by atoms with Gasteiger partial charge in [0.2, 0.25) is 15.9 Å². The van der Waals surface area contributed by atoms with E-state index in [1.807, 2.05) is 6.92 Å². The molecule has 8 heteroatoms. The number of carbonyl (C=O) groups is 1. The minimum absolute atomic E-state index is 0.0764. The van der Waals surface area contributed by atoms with Crippen molar-refractivity contribution < 1.29 is 22.7 Å². The Kier molecular flexibility index (Phi) is 7.30. The average Bonchev–Trinajstić information content (AvgIpc) is 2.48. The molecule has 0 aromatic heterocycles. The first-order chi connectivity index (χ1) is 10.4. The van der Waals surface area contributed by atoms with E-state index in [9.17, 15) is 13.2 Å². The molecule has 0 saturated carbocycles. The van der Waals surface area contributed by atoms with E-state index in [1.165, 1.54) is 26.2 Å². The van der Waals surface area contributed by atoms with Crippen LogP contribution in [0.5, 0.6) is 5.75 Å². The number of hydrogen-bond acceptors (Lipinski definition) is 5. The van der Waals surface area contributed by atoms with Gasteiger partial charge in [0, 0.05) is 13.7 Å². The summed E-state index contributed by atoms with van der Waals surface area (Å²) < 4.78 is 36.8. The Bertz CT molecular complexity index is 571. The molecule has 1 amide bonds. The fourth-order valence-electron chi connectivity index (χ4n) is 1.67. The van der Waals surface area contributed by atoms with Crippen LogP contribution in [0.25, 0.3) is 0 Å². The predicted molar refractivity (Wildman–Crippen MR) is 82.3 cm³/mol. The second-order valence-electron chi connectivity index (χ2n) is 4.53. The topological polar surface area (TPSA) is 93.7 Å². The van der Waals surface area contributed by atoms with Crippen molar-refractivity contribution in [3.8, 4) is 5.75 Å². The Balaban J connectivity index is 2.67. The van der Waals surface area contributed by atoms with Crippen LogP contribution in [-0.2, 0) is 19.6 Å². The number of carbonyl (C=O) groups excluding carboxylic acids is 1. The number of ether oxygens (including phenoxy) is 2. The zero-order valence-electron chi connectivity index (χ0n) is 13.0. The third kappa shape index (κ3) is 5.63. The van der Waals surface area contributed by atoms with Crippen LogP contribution in [-0.4, -0.2) is 47.2 Å². The third-order valence-corrected chi connectivity index (χ3v) is 4.33. The Hall–Kier alpha value is -1.64. The lowest BCUT2D eigenvalue weighted by Gasteiger charge is -2.14. The maximum Gasteiger partial charge on any atom is 0.241 e. The molecule has 0 aliphatic rings. The zero-order chi connectivity index (χ0) is 16.6. The fraction of sp³-hybridized carbons (Fsp3) is 0.500. The summed E-state index contributed by atoms with van der Waals surface area (Å²) in [5, 5.41) is 2.57. The molecular weight excluding hydrogens is 308 g/mol. The molecular formula is C14H22N2O5S. The summed E-state index contributed by atoms with van der Waals surface area (Å²) in [5.41, 5.74) is 0. The molecule has 1 rings (SSSR count). The Morgan fingerprint density at radius 3 is 2.45 bits per heavy atom. The lowest BCUT2D eigenvalue weighted by atomic mass is 10.3. The highest BCUT2D eigenvalue weighted by atomic mass is 32.2. The van der Waals surface area contributed by atoms with Crippen molar-refractivity contribution >= 4 is 15.9 Å². The molecule has 0 fully saturated rings. The van der Waals surface area contributed by atoms with Gasteiger partial charge < -0.3 is 14.8 Å². The first kappa shape index (κ1) is 18.4. The summed E-state index contributed by atoms with van der Waals surface area (Å²) in [6.45, 7) is 4.52. The van der Waals surface area contributed by atoms with Gasteiger partial charge >= 0.3 is 0 Å². The minimum Gasteiger partial charge on any atom is -0.494 e. The number of nitrogens with one attached hydrogen (secondary N) is 2. The Morgan fingerprint density at radius 1 is 1.27 bits per heavy atom. The normalized spacial score (nSPS) is 12.7. The summed E-state index contributed by atoms with van der Waals surface area (Å²) in [6, 6.07) is 5.13. The number of hydrogen-bond donors (Lipinski definition) is 2. The van der Waals surface area contributed by atoms with E-state index < -0.39 is 22.0 Å². The molecule has 0 unspecified atom stereocenters. The van der Waals surface area contributed by atoms with Gasteiger partial charge in [0.1, 0.15) is 5.75 Å². The van der Waals surface area contributed by atoms with E-state index in [2.05, 4.69) is 10.0 Å². The molecule has 0 radical (unpaired) electrons. The van der Waals surface area contributed by atoms with Crippen molar-refractivity contribution in [1.29, 1.82) is 0 Å². The second-order valence-corrected chi connectivity index (χ2v) is 6.25. The highest BCUT2D eigenvalue weighted by Crippen LogP contribution is 2.16. The van der Waals surface area contributed by atoms with Gasteiger partial charge in [0.15, 0.2) is 0 Å². The van der Waals surface area contributed by atoms with Crippen LogP contribution in [0.4, 0.5) is 0 Å². The molecule has 2 N–H and O–H groups in total. The van der Waals surface area contributed by atoms with Crippen LogP contribution in [0.1, 0.15) is 13.8 Å². The van der Waals surface area contributed by atoms with Gasteiger partial charge in [-0.05, 0) is 38.1 Å². The molecule has 0 aliphatic heterocycles. The summed E-state index contributed by atoms with van der Waals surface area (Å²) in [5.74, 6) is 0.179. The van der Waals surface area contributed by atoms with E-state index in [0.717, 1.165) is 0 Å². The summed E-state index contributed by atoms with van der Waals surface area (Å²) >= 11 is 0. The van der Waals surface area contributed by atoms with Gasteiger partial charge in [0.05, 0.1) is 24.2 Å². The highest BCUT2D eigenvalue weighted by Gasteiger charge is 2.21. The monoisotopic (exact) mass is 330 g/mol. The molecule has 0 spiro atoms. The van der Waals surface area contributed by atoms with E-state index in [4.69, 9.17) is 9.47 Å². The first-order valence-electron chi connectivity index (χ1n) is 6.92. The molecule has 0 aliphatic carbocycles.